The SMILES string of the molecule is C#C[C@@](C)(OC(C)=O)C1(C#N)COC1. The largest absolute Gasteiger partial charge is 0.444 e. The van der Waals surface area contributed by atoms with Crippen molar-refractivity contribution in [3.8, 4) is 18.4 Å². The third-order valence-electron chi connectivity index (χ3n) is 2.45. The van der Waals surface area contributed by atoms with Gasteiger partial charge < -0.3 is 9.47 Å². The van der Waals surface area contributed by atoms with E-state index in [2.05, 4.69) is 12.0 Å². The number of nitrogens with zero attached hydrogens (tertiary/aromatic N) is 1. The van der Waals surface area contributed by atoms with Crippen LogP contribution in [0.15, 0.2) is 0 Å². The number of carbonyl (C=O) groups excluding carboxylic acids is 1. The van der Waals surface area contributed by atoms with Crippen molar-refractivity contribution in [2.24, 2.45) is 5.41 Å². The van der Waals surface area contributed by atoms with Crippen LogP contribution in [-0.2, 0) is 14.3 Å². The van der Waals surface area contributed by atoms with Gasteiger partial charge in [0, 0.05) is 6.92 Å². The Balaban J connectivity index is 2.96. The molecule has 0 aromatic rings. The quantitative estimate of drug-likeness (QED) is 0.473. The maximum absolute atomic E-state index is 10.9. The van der Waals surface area contributed by atoms with E-state index >= 15 is 0 Å². The molecule has 0 unspecified atom stereocenters. The summed E-state index contributed by atoms with van der Waals surface area (Å²) in [4.78, 5) is 10.9. The van der Waals surface area contributed by atoms with Crippen LogP contribution in [0, 0.1) is 29.1 Å². The van der Waals surface area contributed by atoms with Gasteiger partial charge in [-0.1, -0.05) is 5.92 Å². The highest BCUT2D eigenvalue weighted by Gasteiger charge is 2.56. The molecule has 0 bridgehead atoms. The topological polar surface area (TPSA) is 59.3 Å². The van der Waals surface area contributed by atoms with Gasteiger partial charge in [-0.05, 0) is 6.92 Å². The summed E-state index contributed by atoms with van der Waals surface area (Å²) in [6.45, 7) is 3.23. The summed E-state index contributed by atoms with van der Waals surface area (Å²) in [5.41, 5.74) is -2.10. The van der Waals surface area contributed by atoms with Crippen LogP contribution < -0.4 is 0 Å². The fraction of sp³-hybridized carbons (Fsp3) is 0.600. The number of hydrogen-bond acceptors (Lipinski definition) is 4. The number of nitriles is 1. The number of esters is 1. The van der Waals surface area contributed by atoms with Gasteiger partial charge in [0.2, 0.25) is 0 Å². The summed E-state index contributed by atoms with van der Waals surface area (Å²) >= 11 is 0. The molecule has 1 rings (SSSR count). The third kappa shape index (κ3) is 1.34. The summed E-state index contributed by atoms with van der Waals surface area (Å²) in [6, 6.07) is 2.07. The molecule has 0 radical (unpaired) electrons. The Morgan fingerprint density at radius 2 is 2.29 bits per heavy atom. The smallest absolute Gasteiger partial charge is 0.304 e. The van der Waals surface area contributed by atoms with Crippen molar-refractivity contribution < 1.29 is 14.3 Å². The Morgan fingerprint density at radius 3 is 2.50 bits per heavy atom. The van der Waals surface area contributed by atoms with Crippen LogP contribution in [0.25, 0.3) is 0 Å². The summed E-state index contributed by atoms with van der Waals surface area (Å²) in [7, 11) is 0. The fourth-order valence-electron chi connectivity index (χ4n) is 1.31. The zero-order valence-corrected chi connectivity index (χ0v) is 8.16. The molecular weight excluding hydrogens is 182 g/mol. The second-order valence-corrected chi connectivity index (χ2v) is 3.46. The maximum Gasteiger partial charge on any atom is 0.304 e. The summed E-state index contributed by atoms with van der Waals surface area (Å²) in [6.07, 6.45) is 5.29. The van der Waals surface area contributed by atoms with Gasteiger partial charge in [0.15, 0.2) is 11.0 Å². The van der Waals surface area contributed by atoms with Gasteiger partial charge in [0.25, 0.3) is 0 Å². The normalized spacial score (nSPS) is 22.0. The average Bonchev–Trinajstić information content (AvgIpc) is 2.01. The van der Waals surface area contributed by atoms with E-state index in [0.717, 1.165) is 0 Å². The van der Waals surface area contributed by atoms with E-state index in [1.54, 1.807) is 6.92 Å². The van der Waals surface area contributed by atoms with Gasteiger partial charge in [0.05, 0.1) is 19.3 Å². The minimum atomic E-state index is -1.20. The van der Waals surface area contributed by atoms with E-state index in [1.807, 2.05) is 0 Å². The summed E-state index contributed by atoms with van der Waals surface area (Å²) in [5, 5.41) is 9.00. The Bertz CT molecular complexity index is 332. The molecule has 4 heteroatoms. The minimum absolute atomic E-state index is 0.206. The van der Waals surface area contributed by atoms with Gasteiger partial charge >= 0.3 is 5.97 Å². The van der Waals surface area contributed by atoms with Crippen LogP contribution in [0.3, 0.4) is 0 Å². The zero-order chi connectivity index (χ0) is 10.8. The molecular formula is C10H11NO3. The van der Waals surface area contributed by atoms with Gasteiger partial charge in [-0.25, -0.2) is 0 Å². The lowest BCUT2D eigenvalue weighted by atomic mass is 9.72. The number of ether oxygens (including phenoxy) is 2. The second-order valence-electron chi connectivity index (χ2n) is 3.46. The zero-order valence-electron chi connectivity index (χ0n) is 8.16. The Kier molecular flexibility index (Phi) is 2.51. The molecule has 14 heavy (non-hydrogen) atoms. The van der Waals surface area contributed by atoms with Crippen molar-refractivity contribution in [1.82, 2.24) is 0 Å². The molecule has 1 saturated heterocycles. The molecule has 0 aliphatic carbocycles. The average molecular weight is 193 g/mol. The molecule has 1 aliphatic rings. The molecule has 0 aromatic heterocycles. The maximum atomic E-state index is 10.9. The van der Waals surface area contributed by atoms with E-state index in [-0.39, 0.29) is 13.2 Å². The van der Waals surface area contributed by atoms with Gasteiger partial charge in [-0.15, -0.1) is 6.42 Å². The first kappa shape index (κ1) is 10.6. The first-order valence-electron chi connectivity index (χ1n) is 4.16. The van der Waals surface area contributed by atoms with E-state index in [4.69, 9.17) is 21.2 Å². The van der Waals surface area contributed by atoms with Crippen molar-refractivity contribution in [3.63, 3.8) is 0 Å². The highest BCUT2D eigenvalue weighted by molar-refractivity contribution is 5.67. The number of rotatable bonds is 2. The predicted molar refractivity (Wildman–Crippen MR) is 47.9 cm³/mol. The standard InChI is InChI=1S/C10H11NO3/c1-4-9(3,14-8(2)12)10(5-11)6-13-7-10/h1H,6-7H2,2-3H3/t9-/m1/s1. The molecule has 74 valence electrons. The van der Waals surface area contributed by atoms with E-state index in [1.165, 1.54) is 6.92 Å². The van der Waals surface area contributed by atoms with Crippen molar-refractivity contribution in [2.75, 3.05) is 13.2 Å². The van der Waals surface area contributed by atoms with E-state index in [0.29, 0.717) is 0 Å². The molecule has 0 spiro atoms. The third-order valence-corrected chi connectivity index (χ3v) is 2.45. The molecule has 0 saturated carbocycles. The molecule has 1 atom stereocenters. The monoisotopic (exact) mass is 193 g/mol. The first-order chi connectivity index (χ1) is 6.49. The first-order valence-corrected chi connectivity index (χ1v) is 4.16. The molecule has 1 fully saturated rings. The van der Waals surface area contributed by atoms with Crippen molar-refractivity contribution in [1.29, 1.82) is 5.26 Å². The lowest BCUT2D eigenvalue weighted by Gasteiger charge is -2.44. The van der Waals surface area contributed by atoms with Crippen molar-refractivity contribution in [3.05, 3.63) is 0 Å². The molecule has 0 amide bonds. The van der Waals surface area contributed by atoms with Crippen LogP contribution in [0.2, 0.25) is 0 Å². The minimum Gasteiger partial charge on any atom is -0.444 e. The number of hydrogen-bond donors (Lipinski definition) is 0. The molecule has 0 N–H and O–H groups in total. The van der Waals surface area contributed by atoms with E-state index < -0.39 is 17.0 Å². The van der Waals surface area contributed by atoms with Gasteiger partial charge in [-0.2, -0.15) is 5.26 Å². The van der Waals surface area contributed by atoms with Crippen LogP contribution >= 0.6 is 0 Å². The Morgan fingerprint density at radius 1 is 1.71 bits per heavy atom. The van der Waals surface area contributed by atoms with Crippen LogP contribution in [-0.4, -0.2) is 24.8 Å². The van der Waals surface area contributed by atoms with Crippen LogP contribution in [0.1, 0.15) is 13.8 Å². The van der Waals surface area contributed by atoms with Crippen LogP contribution in [0.5, 0.6) is 0 Å². The molecule has 1 aliphatic heterocycles. The molecule has 1 heterocycles. The van der Waals surface area contributed by atoms with Gasteiger partial charge in [0.1, 0.15) is 0 Å². The lowest BCUT2D eigenvalue weighted by Crippen LogP contribution is -2.58. The fourth-order valence-corrected chi connectivity index (χ4v) is 1.31. The lowest BCUT2D eigenvalue weighted by molar-refractivity contribution is -0.190. The highest BCUT2D eigenvalue weighted by atomic mass is 16.6. The second kappa shape index (κ2) is 3.32. The Labute approximate surface area is 82.8 Å². The summed E-state index contributed by atoms with van der Waals surface area (Å²) in [5.74, 6) is 1.86. The predicted octanol–water partition coefficient (Wildman–Crippen LogP) is 0.482. The molecule has 0 aromatic carbocycles. The number of terminal acetylenes is 1. The summed E-state index contributed by atoms with van der Waals surface area (Å²) < 4.78 is 9.96. The van der Waals surface area contributed by atoms with Crippen molar-refractivity contribution >= 4 is 5.97 Å². The highest BCUT2D eigenvalue weighted by Crippen LogP contribution is 2.40. The Hall–Kier alpha value is -1.52. The van der Waals surface area contributed by atoms with Crippen LogP contribution in [0.4, 0.5) is 0 Å². The van der Waals surface area contributed by atoms with E-state index in [9.17, 15) is 4.79 Å². The molecule has 4 nitrogen and oxygen atoms in total. The number of carbonyl (C=O) groups is 1. The van der Waals surface area contributed by atoms with Crippen molar-refractivity contribution in [2.45, 2.75) is 19.4 Å². The van der Waals surface area contributed by atoms with Gasteiger partial charge in [-0.3, -0.25) is 4.79 Å².